The quantitative estimate of drug-likeness (QED) is 0.685. The van der Waals surface area contributed by atoms with Gasteiger partial charge in [0.1, 0.15) is 6.04 Å². The van der Waals surface area contributed by atoms with Crippen LogP contribution in [0.2, 0.25) is 0 Å². The first kappa shape index (κ1) is 13.4. The van der Waals surface area contributed by atoms with E-state index in [0.717, 1.165) is 5.69 Å². The molecule has 1 heterocycles. The predicted octanol–water partition coefficient (Wildman–Crippen LogP) is -0.454. The molecular formula is C13H17N3O3. The van der Waals surface area contributed by atoms with Crippen LogP contribution < -0.4 is 11.1 Å². The summed E-state index contributed by atoms with van der Waals surface area (Å²) in [5, 5.41) is 12.5. The van der Waals surface area contributed by atoms with Crippen molar-refractivity contribution in [3.05, 3.63) is 30.3 Å². The molecule has 2 amide bonds. The van der Waals surface area contributed by atoms with Crippen LogP contribution in [-0.4, -0.2) is 47.1 Å². The number of carbonyl (C=O) groups is 2. The van der Waals surface area contributed by atoms with Crippen LogP contribution in [0.15, 0.2) is 30.3 Å². The Bertz CT molecular complexity index is 463. The maximum Gasteiger partial charge on any atom is 0.242 e. The number of aliphatic hydroxyl groups excluding tert-OH is 1. The van der Waals surface area contributed by atoms with E-state index in [2.05, 4.69) is 5.32 Å². The average Bonchev–Trinajstić information content (AvgIpc) is 2.79. The van der Waals surface area contributed by atoms with Crippen molar-refractivity contribution in [1.29, 1.82) is 0 Å². The summed E-state index contributed by atoms with van der Waals surface area (Å²) < 4.78 is 0. The molecule has 0 radical (unpaired) electrons. The maximum atomic E-state index is 12.0. The fourth-order valence-corrected chi connectivity index (χ4v) is 2.19. The zero-order chi connectivity index (χ0) is 13.8. The first-order chi connectivity index (χ1) is 9.08. The second kappa shape index (κ2) is 5.71. The zero-order valence-corrected chi connectivity index (χ0v) is 10.5. The number of primary amides is 1. The Morgan fingerprint density at radius 2 is 2.05 bits per heavy atom. The minimum atomic E-state index is -0.708. The van der Waals surface area contributed by atoms with Gasteiger partial charge in [-0.15, -0.1) is 0 Å². The first-order valence-electron chi connectivity index (χ1n) is 6.13. The summed E-state index contributed by atoms with van der Waals surface area (Å²) >= 11 is 0. The summed E-state index contributed by atoms with van der Waals surface area (Å²) in [7, 11) is 0. The summed E-state index contributed by atoms with van der Waals surface area (Å²) in [6.45, 7) is 0.226. The fourth-order valence-electron chi connectivity index (χ4n) is 2.19. The molecule has 6 heteroatoms. The number of hydrogen-bond donors (Lipinski definition) is 3. The van der Waals surface area contributed by atoms with E-state index in [-0.39, 0.29) is 25.4 Å². The number of aliphatic hydroxyl groups is 1. The van der Waals surface area contributed by atoms with Crippen molar-refractivity contribution >= 4 is 17.5 Å². The maximum absolute atomic E-state index is 12.0. The van der Waals surface area contributed by atoms with E-state index in [0.29, 0.717) is 0 Å². The molecule has 0 saturated carbocycles. The number of benzene rings is 1. The van der Waals surface area contributed by atoms with Gasteiger partial charge in [-0.3, -0.25) is 9.59 Å². The fraction of sp³-hybridized carbons (Fsp3) is 0.385. The van der Waals surface area contributed by atoms with Gasteiger partial charge in [0.05, 0.1) is 12.6 Å². The van der Waals surface area contributed by atoms with Gasteiger partial charge < -0.3 is 21.1 Å². The summed E-state index contributed by atoms with van der Waals surface area (Å²) in [5.41, 5.74) is 6.06. The smallest absolute Gasteiger partial charge is 0.242 e. The molecule has 1 fully saturated rings. The molecule has 1 aromatic carbocycles. The van der Waals surface area contributed by atoms with Gasteiger partial charge in [-0.2, -0.15) is 0 Å². The van der Waals surface area contributed by atoms with Gasteiger partial charge in [-0.05, 0) is 12.1 Å². The molecule has 0 aromatic heterocycles. The molecule has 2 rings (SSSR count). The van der Waals surface area contributed by atoms with Crippen molar-refractivity contribution in [3.63, 3.8) is 0 Å². The molecule has 0 spiro atoms. The molecule has 2 unspecified atom stereocenters. The van der Waals surface area contributed by atoms with Crippen molar-refractivity contribution in [1.82, 2.24) is 4.90 Å². The molecular weight excluding hydrogens is 246 g/mol. The number of para-hydroxylation sites is 1. The molecule has 1 aliphatic rings. The molecule has 6 nitrogen and oxygen atoms in total. The third-order valence-electron chi connectivity index (χ3n) is 3.15. The van der Waals surface area contributed by atoms with Crippen LogP contribution in [0.5, 0.6) is 0 Å². The second-order valence-electron chi connectivity index (χ2n) is 4.57. The number of likely N-dealkylation sites (tertiary alicyclic amines) is 1. The summed E-state index contributed by atoms with van der Waals surface area (Å²) in [6, 6.07) is 8.58. The topological polar surface area (TPSA) is 95.7 Å². The molecule has 0 aliphatic carbocycles. The Morgan fingerprint density at radius 1 is 1.37 bits per heavy atom. The minimum absolute atomic E-state index is 0.0700. The molecule has 19 heavy (non-hydrogen) atoms. The standard InChI is InChI=1S/C13H17N3O3/c14-13(19)11-6-10(17)8-16(11)12(18)7-15-9-4-2-1-3-5-9/h1-5,10-11,15,17H,6-8H2,(H2,14,19). The monoisotopic (exact) mass is 263 g/mol. The lowest BCUT2D eigenvalue weighted by atomic mass is 10.2. The normalized spacial score (nSPS) is 22.3. The molecule has 102 valence electrons. The number of nitrogens with zero attached hydrogens (tertiary/aromatic N) is 1. The van der Waals surface area contributed by atoms with Crippen LogP contribution in [0.25, 0.3) is 0 Å². The van der Waals surface area contributed by atoms with Crippen LogP contribution in [0.1, 0.15) is 6.42 Å². The van der Waals surface area contributed by atoms with E-state index in [1.807, 2.05) is 30.3 Å². The number of rotatable bonds is 4. The van der Waals surface area contributed by atoms with E-state index < -0.39 is 18.1 Å². The number of hydrogen-bond acceptors (Lipinski definition) is 4. The Kier molecular flexibility index (Phi) is 4.01. The number of nitrogens with two attached hydrogens (primary N) is 1. The SMILES string of the molecule is NC(=O)C1CC(O)CN1C(=O)CNc1ccccc1. The lowest BCUT2D eigenvalue weighted by Crippen LogP contribution is -2.45. The minimum Gasteiger partial charge on any atom is -0.391 e. The molecule has 1 aliphatic heterocycles. The molecule has 1 aromatic rings. The summed E-state index contributed by atoms with van der Waals surface area (Å²) in [4.78, 5) is 24.6. The van der Waals surface area contributed by atoms with Gasteiger partial charge in [-0.25, -0.2) is 0 Å². The van der Waals surface area contributed by atoms with E-state index in [4.69, 9.17) is 5.73 Å². The lowest BCUT2D eigenvalue weighted by molar-refractivity contribution is -0.135. The number of nitrogens with one attached hydrogen (secondary N) is 1. The van der Waals surface area contributed by atoms with Crippen LogP contribution >= 0.6 is 0 Å². The van der Waals surface area contributed by atoms with Gasteiger partial charge in [0, 0.05) is 18.7 Å². The van der Waals surface area contributed by atoms with Crippen molar-refractivity contribution in [2.45, 2.75) is 18.6 Å². The average molecular weight is 263 g/mol. The predicted molar refractivity (Wildman–Crippen MR) is 70.3 cm³/mol. The largest absolute Gasteiger partial charge is 0.391 e. The van der Waals surface area contributed by atoms with Crippen LogP contribution in [0.3, 0.4) is 0 Å². The highest BCUT2D eigenvalue weighted by Gasteiger charge is 2.37. The van der Waals surface area contributed by atoms with Gasteiger partial charge in [0.2, 0.25) is 11.8 Å². The van der Waals surface area contributed by atoms with E-state index >= 15 is 0 Å². The third-order valence-corrected chi connectivity index (χ3v) is 3.15. The Hall–Kier alpha value is -2.08. The molecule has 1 saturated heterocycles. The number of amides is 2. The van der Waals surface area contributed by atoms with Crippen LogP contribution in [0, 0.1) is 0 Å². The molecule has 2 atom stereocenters. The van der Waals surface area contributed by atoms with Gasteiger partial charge in [-0.1, -0.05) is 18.2 Å². The van der Waals surface area contributed by atoms with Crippen LogP contribution in [0.4, 0.5) is 5.69 Å². The Labute approximate surface area is 111 Å². The van der Waals surface area contributed by atoms with Gasteiger partial charge in [0.15, 0.2) is 0 Å². The van der Waals surface area contributed by atoms with Crippen molar-refractivity contribution < 1.29 is 14.7 Å². The summed E-state index contributed by atoms with van der Waals surface area (Å²) in [6.07, 6.45) is -0.468. The van der Waals surface area contributed by atoms with Gasteiger partial charge in [0.25, 0.3) is 0 Å². The number of β-amino-alcohol motifs (C(OH)–C–C–N with tert-alkyl or cyclic N) is 1. The van der Waals surface area contributed by atoms with E-state index in [1.54, 1.807) is 0 Å². The highest BCUT2D eigenvalue weighted by molar-refractivity contribution is 5.89. The Morgan fingerprint density at radius 3 is 2.68 bits per heavy atom. The highest BCUT2D eigenvalue weighted by Crippen LogP contribution is 2.18. The third kappa shape index (κ3) is 3.23. The van der Waals surface area contributed by atoms with Crippen molar-refractivity contribution in [2.24, 2.45) is 5.73 Å². The summed E-state index contributed by atoms with van der Waals surface area (Å²) in [5.74, 6) is -0.825. The van der Waals surface area contributed by atoms with E-state index in [1.165, 1.54) is 4.90 Å². The first-order valence-corrected chi connectivity index (χ1v) is 6.13. The Balaban J connectivity index is 1.94. The lowest BCUT2D eigenvalue weighted by Gasteiger charge is -2.22. The van der Waals surface area contributed by atoms with Crippen LogP contribution in [-0.2, 0) is 9.59 Å². The highest BCUT2D eigenvalue weighted by atomic mass is 16.3. The van der Waals surface area contributed by atoms with Gasteiger partial charge >= 0.3 is 0 Å². The number of anilines is 1. The molecule has 4 N–H and O–H groups in total. The van der Waals surface area contributed by atoms with Crippen molar-refractivity contribution in [2.75, 3.05) is 18.4 Å². The van der Waals surface area contributed by atoms with E-state index in [9.17, 15) is 14.7 Å². The van der Waals surface area contributed by atoms with Crippen molar-refractivity contribution in [3.8, 4) is 0 Å². The zero-order valence-electron chi connectivity index (χ0n) is 10.5. The number of carbonyl (C=O) groups excluding carboxylic acids is 2. The molecule has 0 bridgehead atoms. The second-order valence-corrected chi connectivity index (χ2v) is 4.57.